The second-order valence-corrected chi connectivity index (χ2v) is 6.86. The SMILES string of the molecule is CCCCCCCCCCCCN(CC)CC(C)(C)O. The second kappa shape index (κ2) is 12.6. The summed E-state index contributed by atoms with van der Waals surface area (Å²) < 4.78 is 0. The molecule has 0 saturated heterocycles. The monoisotopic (exact) mass is 285 g/mol. The molecule has 0 aliphatic rings. The number of hydrogen-bond donors (Lipinski definition) is 1. The summed E-state index contributed by atoms with van der Waals surface area (Å²) in [5, 5.41) is 9.84. The van der Waals surface area contributed by atoms with E-state index in [4.69, 9.17) is 0 Å². The number of unbranched alkanes of at least 4 members (excludes halogenated alkanes) is 9. The molecule has 0 aromatic rings. The van der Waals surface area contributed by atoms with Crippen LogP contribution in [0.15, 0.2) is 0 Å². The zero-order valence-electron chi connectivity index (χ0n) is 14.6. The maximum absolute atomic E-state index is 9.84. The van der Waals surface area contributed by atoms with Crippen LogP contribution in [0.5, 0.6) is 0 Å². The smallest absolute Gasteiger partial charge is 0.0718 e. The summed E-state index contributed by atoms with van der Waals surface area (Å²) >= 11 is 0. The fourth-order valence-corrected chi connectivity index (χ4v) is 2.72. The first-order chi connectivity index (χ1) is 9.49. The fourth-order valence-electron chi connectivity index (χ4n) is 2.72. The van der Waals surface area contributed by atoms with Gasteiger partial charge < -0.3 is 10.0 Å². The number of nitrogens with zero attached hydrogens (tertiary/aromatic N) is 1. The summed E-state index contributed by atoms with van der Waals surface area (Å²) in [7, 11) is 0. The van der Waals surface area contributed by atoms with Gasteiger partial charge in [-0.2, -0.15) is 0 Å². The van der Waals surface area contributed by atoms with E-state index in [9.17, 15) is 5.11 Å². The van der Waals surface area contributed by atoms with Gasteiger partial charge in [0, 0.05) is 6.54 Å². The lowest BCUT2D eigenvalue weighted by Crippen LogP contribution is -2.39. The molecule has 0 bridgehead atoms. The summed E-state index contributed by atoms with van der Waals surface area (Å²) in [4.78, 5) is 2.37. The first kappa shape index (κ1) is 19.9. The normalized spacial score (nSPS) is 12.3. The van der Waals surface area contributed by atoms with E-state index in [2.05, 4.69) is 18.7 Å². The van der Waals surface area contributed by atoms with Crippen LogP contribution >= 0.6 is 0 Å². The summed E-state index contributed by atoms with van der Waals surface area (Å²) in [6, 6.07) is 0. The quantitative estimate of drug-likeness (QED) is 0.454. The lowest BCUT2D eigenvalue weighted by Gasteiger charge is -2.27. The van der Waals surface area contributed by atoms with E-state index in [-0.39, 0.29) is 0 Å². The highest BCUT2D eigenvalue weighted by Crippen LogP contribution is 2.11. The summed E-state index contributed by atoms with van der Waals surface area (Å²) in [6.45, 7) is 11.2. The third-order valence-corrected chi connectivity index (χ3v) is 3.89. The van der Waals surface area contributed by atoms with Crippen LogP contribution < -0.4 is 0 Å². The highest BCUT2D eigenvalue weighted by atomic mass is 16.3. The first-order valence-corrected chi connectivity index (χ1v) is 8.94. The third kappa shape index (κ3) is 14.3. The molecule has 0 spiro atoms. The highest BCUT2D eigenvalue weighted by molar-refractivity contribution is 4.71. The van der Waals surface area contributed by atoms with E-state index in [1.165, 1.54) is 64.2 Å². The Bertz CT molecular complexity index is 198. The Morgan fingerprint density at radius 3 is 1.60 bits per heavy atom. The van der Waals surface area contributed by atoms with E-state index < -0.39 is 5.60 Å². The number of aliphatic hydroxyl groups is 1. The lowest BCUT2D eigenvalue weighted by molar-refractivity contribution is 0.0373. The van der Waals surface area contributed by atoms with Crippen LogP contribution in [-0.2, 0) is 0 Å². The van der Waals surface area contributed by atoms with Crippen molar-refractivity contribution in [3.05, 3.63) is 0 Å². The molecule has 0 atom stereocenters. The first-order valence-electron chi connectivity index (χ1n) is 8.94. The van der Waals surface area contributed by atoms with Crippen LogP contribution in [0, 0.1) is 0 Å². The molecule has 0 aliphatic heterocycles. The Balaban J connectivity index is 3.33. The predicted molar refractivity (Wildman–Crippen MR) is 90.3 cm³/mol. The average Bonchev–Trinajstić information content (AvgIpc) is 2.38. The maximum Gasteiger partial charge on any atom is 0.0718 e. The van der Waals surface area contributed by atoms with Crippen LogP contribution in [0.4, 0.5) is 0 Å². The zero-order valence-corrected chi connectivity index (χ0v) is 14.6. The van der Waals surface area contributed by atoms with Crippen molar-refractivity contribution in [1.82, 2.24) is 4.90 Å². The molecular formula is C18H39NO. The largest absolute Gasteiger partial charge is 0.389 e. The van der Waals surface area contributed by atoms with Gasteiger partial charge in [-0.25, -0.2) is 0 Å². The molecule has 0 heterocycles. The van der Waals surface area contributed by atoms with E-state index in [0.29, 0.717) is 0 Å². The van der Waals surface area contributed by atoms with Gasteiger partial charge in [-0.3, -0.25) is 0 Å². The molecule has 122 valence electrons. The molecule has 1 N–H and O–H groups in total. The summed E-state index contributed by atoms with van der Waals surface area (Å²) in [6.07, 6.45) is 13.9. The van der Waals surface area contributed by atoms with Crippen molar-refractivity contribution in [1.29, 1.82) is 0 Å². The minimum absolute atomic E-state index is 0.561. The Kier molecular flexibility index (Phi) is 12.6. The molecule has 0 aliphatic carbocycles. The van der Waals surface area contributed by atoms with Crippen molar-refractivity contribution in [2.75, 3.05) is 19.6 Å². The molecule has 0 saturated carbocycles. The Labute approximate surface area is 127 Å². The van der Waals surface area contributed by atoms with Crippen molar-refractivity contribution in [3.63, 3.8) is 0 Å². The Morgan fingerprint density at radius 2 is 1.20 bits per heavy atom. The van der Waals surface area contributed by atoms with Crippen molar-refractivity contribution in [3.8, 4) is 0 Å². The zero-order chi connectivity index (χ0) is 15.3. The standard InChI is InChI=1S/C18H39NO/c1-5-7-8-9-10-11-12-13-14-15-16-19(6-2)17-18(3,4)20/h20H,5-17H2,1-4H3. The van der Waals surface area contributed by atoms with Gasteiger partial charge in [0.2, 0.25) is 0 Å². The number of likely N-dealkylation sites (N-methyl/N-ethyl adjacent to an activating group) is 1. The van der Waals surface area contributed by atoms with E-state index in [0.717, 1.165) is 19.6 Å². The van der Waals surface area contributed by atoms with Gasteiger partial charge in [0.15, 0.2) is 0 Å². The van der Waals surface area contributed by atoms with Gasteiger partial charge in [0.1, 0.15) is 0 Å². The van der Waals surface area contributed by atoms with Gasteiger partial charge in [-0.1, -0.05) is 71.6 Å². The molecule has 0 aromatic heterocycles. The van der Waals surface area contributed by atoms with Gasteiger partial charge >= 0.3 is 0 Å². The van der Waals surface area contributed by atoms with Gasteiger partial charge in [0.05, 0.1) is 5.60 Å². The molecule has 0 unspecified atom stereocenters. The average molecular weight is 286 g/mol. The molecular weight excluding hydrogens is 246 g/mol. The van der Waals surface area contributed by atoms with Crippen LogP contribution in [-0.4, -0.2) is 35.2 Å². The Morgan fingerprint density at radius 1 is 0.750 bits per heavy atom. The van der Waals surface area contributed by atoms with Crippen molar-refractivity contribution >= 4 is 0 Å². The number of hydrogen-bond acceptors (Lipinski definition) is 2. The molecule has 2 heteroatoms. The molecule has 0 rings (SSSR count). The Hall–Kier alpha value is -0.0800. The van der Waals surface area contributed by atoms with Gasteiger partial charge in [-0.05, 0) is 33.4 Å². The minimum Gasteiger partial charge on any atom is -0.389 e. The topological polar surface area (TPSA) is 23.5 Å². The van der Waals surface area contributed by atoms with E-state index in [1.807, 2.05) is 13.8 Å². The predicted octanol–water partition coefficient (Wildman–Crippen LogP) is 5.00. The molecule has 20 heavy (non-hydrogen) atoms. The molecule has 0 fully saturated rings. The van der Waals surface area contributed by atoms with Crippen molar-refractivity contribution < 1.29 is 5.11 Å². The second-order valence-electron chi connectivity index (χ2n) is 6.86. The molecule has 0 radical (unpaired) electrons. The van der Waals surface area contributed by atoms with Crippen molar-refractivity contribution in [2.45, 2.75) is 97.5 Å². The summed E-state index contributed by atoms with van der Waals surface area (Å²) in [5.74, 6) is 0. The van der Waals surface area contributed by atoms with Gasteiger partial charge in [-0.15, -0.1) is 0 Å². The third-order valence-electron chi connectivity index (χ3n) is 3.89. The van der Waals surface area contributed by atoms with Crippen molar-refractivity contribution in [2.24, 2.45) is 0 Å². The summed E-state index contributed by atoms with van der Waals surface area (Å²) in [5.41, 5.74) is -0.561. The minimum atomic E-state index is -0.561. The van der Waals surface area contributed by atoms with Crippen LogP contribution in [0.3, 0.4) is 0 Å². The van der Waals surface area contributed by atoms with Crippen LogP contribution in [0.25, 0.3) is 0 Å². The van der Waals surface area contributed by atoms with Crippen LogP contribution in [0.2, 0.25) is 0 Å². The molecule has 2 nitrogen and oxygen atoms in total. The highest BCUT2D eigenvalue weighted by Gasteiger charge is 2.16. The maximum atomic E-state index is 9.84. The van der Waals surface area contributed by atoms with Crippen LogP contribution in [0.1, 0.15) is 91.9 Å². The number of rotatable bonds is 14. The van der Waals surface area contributed by atoms with E-state index >= 15 is 0 Å². The molecule has 0 aromatic carbocycles. The van der Waals surface area contributed by atoms with E-state index in [1.54, 1.807) is 0 Å². The molecule has 0 amide bonds. The van der Waals surface area contributed by atoms with Gasteiger partial charge in [0.25, 0.3) is 0 Å². The fraction of sp³-hybridized carbons (Fsp3) is 1.00. The lowest BCUT2D eigenvalue weighted by atomic mass is 10.1.